The number of rotatable bonds is 61. The van der Waals surface area contributed by atoms with E-state index in [1.54, 1.807) is 6.08 Å². The molecule has 1 amide bonds. The van der Waals surface area contributed by atoms with Crippen molar-refractivity contribution in [3.8, 4) is 0 Å². The molecule has 426 valence electrons. The first-order chi connectivity index (χ1) is 35.5. The number of unbranched alkanes of at least 4 members (excludes halogenated alkanes) is 48. The Morgan fingerprint density at radius 2 is 0.653 bits per heavy atom. The minimum absolute atomic E-state index is 0.0198. The number of allylic oxidation sites excluding steroid dienone is 3. The van der Waals surface area contributed by atoms with Gasteiger partial charge in [0.2, 0.25) is 5.91 Å². The number of carbonyl (C=O) groups is 2. The largest absolute Gasteiger partial charge is 0.466 e. The second-order valence-electron chi connectivity index (χ2n) is 22.5. The Labute approximate surface area is 450 Å². The number of aliphatic hydroxyl groups excluding tert-OH is 2. The third kappa shape index (κ3) is 57.6. The summed E-state index contributed by atoms with van der Waals surface area (Å²) in [4.78, 5) is 24.4. The highest BCUT2D eigenvalue weighted by atomic mass is 16.5. The predicted octanol–water partition coefficient (Wildman–Crippen LogP) is 20.6. The molecule has 2 unspecified atom stereocenters. The molecule has 2 atom stereocenters. The molecule has 0 aromatic heterocycles. The highest BCUT2D eigenvalue weighted by Crippen LogP contribution is 2.18. The Morgan fingerprint density at radius 1 is 0.375 bits per heavy atom. The van der Waals surface area contributed by atoms with Crippen molar-refractivity contribution >= 4 is 11.9 Å². The molecular weight excluding hydrogens is 887 g/mol. The number of carbonyl (C=O) groups excluding carboxylic acids is 2. The molecule has 0 rings (SSSR count). The molecule has 0 bridgehead atoms. The van der Waals surface area contributed by atoms with Gasteiger partial charge in [-0.1, -0.05) is 314 Å². The molecular formula is C66H127NO5. The first-order valence-corrected chi connectivity index (χ1v) is 32.6. The van der Waals surface area contributed by atoms with Gasteiger partial charge in [0.15, 0.2) is 0 Å². The average Bonchev–Trinajstić information content (AvgIpc) is 3.38. The average molecular weight is 1010 g/mol. The summed E-state index contributed by atoms with van der Waals surface area (Å²) in [6.45, 7) is 4.89. The second kappa shape index (κ2) is 61.9. The van der Waals surface area contributed by atoms with E-state index in [2.05, 4.69) is 31.3 Å². The molecule has 0 fully saturated rings. The molecule has 0 radical (unpaired) electrons. The van der Waals surface area contributed by atoms with Crippen molar-refractivity contribution in [2.24, 2.45) is 0 Å². The third-order valence-corrected chi connectivity index (χ3v) is 15.2. The van der Waals surface area contributed by atoms with Gasteiger partial charge in [-0.25, -0.2) is 0 Å². The van der Waals surface area contributed by atoms with Gasteiger partial charge >= 0.3 is 5.97 Å². The Bertz CT molecular complexity index is 1120. The van der Waals surface area contributed by atoms with Crippen molar-refractivity contribution in [2.45, 2.75) is 373 Å². The smallest absolute Gasteiger partial charge is 0.305 e. The highest BCUT2D eigenvalue weighted by molar-refractivity contribution is 5.76. The second-order valence-corrected chi connectivity index (χ2v) is 22.5. The highest BCUT2D eigenvalue weighted by Gasteiger charge is 2.18. The van der Waals surface area contributed by atoms with Gasteiger partial charge in [0.1, 0.15) is 0 Å². The van der Waals surface area contributed by atoms with E-state index in [1.807, 2.05) is 6.08 Å². The first-order valence-electron chi connectivity index (χ1n) is 32.6. The van der Waals surface area contributed by atoms with E-state index in [4.69, 9.17) is 4.74 Å². The number of hydrogen-bond acceptors (Lipinski definition) is 5. The molecule has 0 heterocycles. The van der Waals surface area contributed by atoms with E-state index in [0.717, 1.165) is 38.5 Å². The predicted molar refractivity (Wildman–Crippen MR) is 315 cm³/mol. The number of amides is 1. The van der Waals surface area contributed by atoms with Crippen LogP contribution < -0.4 is 5.32 Å². The van der Waals surface area contributed by atoms with E-state index in [-0.39, 0.29) is 18.5 Å². The zero-order valence-corrected chi connectivity index (χ0v) is 48.7. The lowest BCUT2D eigenvalue weighted by Crippen LogP contribution is -2.45. The fourth-order valence-corrected chi connectivity index (χ4v) is 10.2. The Morgan fingerprint density at radius 3 is 0.986 bits per heavy atom. The summed E-state index contributed by atoms with van der Waals surface area (Å²) in [5.41, 5.74) is 0. The minimum atomic E-state index is -0.839. The van der Waals surface area contributed by atoms with Crippen LogP contribution >= 0.6 is 0 Å². The molecule has 6 heteroatoms. The molecule has 0 aromatic carbocycles. The minimum Gasteiger partial charge on any atom is -0.466 e. The van der Waals surface area contributed by atoms with Crippen molar-refractivity contribution in [3.05, 3.63) is 24.3 Å². The maximum Gasteiger partial charge on any atom is 0.305 e. The van der Waals surface area contributed by atoms with E-state index < -0.39 is 12.1 Å². The third-order valence-electron chi connectivity index (χ3n) is 15.2. The number of nitrogens with one attached hydrogen (secondary N) is 1. The van der Waals surface area contributed by atoms with Gasteiger partial charge in [0.25, 0.3) is 0 Å². The van der Waals surface area contributed by atoms with Gasteiger partial charge in [-0.2, -0.15) is 0 Å². The van der Waals surface area contributed by atoms with Gasteiger partial charge in [-0.15, -0.1) is 0 Å². The lowest BCUT2D eigenvalue weighted by atomic mass is 10.0. The van der Waals surface area contributed by atoms with Crippen LogP contribution in [0, 0.1) is 0 Å². The molecule has 0 aliphatic heterocycles. The maximum atomic E-state index is 12.4. The molecule has 0 aromatic rings. The fourth-order valence-electron chi connectivity index (χ4n) is 10.2. The zero-order valence-electron chi connectivity index (χ0n) is 48.7. The van der Waals surface area contributed by atoms with Crippen LogP contribution in [-0.2, 0) is 14.3 Å². The lowest BCUT2D eigenvalue weighted by Gasteiger charge is -2.20. The van der Waals surface area contributed by atoms with Crippen molar-refractivity contribution in [1.29, 1.82) is 0 Å². The fraction of sp³-hybridized carbons (Fsp3) is 0.909. The van der Waals surface area contributed by atoms with Gasteiger partial charge in [-0.05, 0) is 57.8 Å². The van der Waals surface area contributed by atoms with Crippen molar-refractivity contribution in [3.63, 3.8) is 0 Å². The summed E-state index contributed by atoms with van der Waals surface area (Å²) in [7, 11) is 0. The van der Waals surface area contributed by atoms with E-state index in [1.165, 1.54) is 295 Å². The molecule has 0 saturated carbocycles. The van der Waals surface area contributed by atoms with Crippen LogP contribution in [0.5, 0.6) is 0 Å². The SMILES string of the molecule is CCCCCCCCC/C=C/C(O)C(CO)NC(=O)CCCCCCCCCCCCCCCCCCC/C=C\CCCCCCCCCCCCCCCCOC(=O)CCCCCCCCCCCCC. The number of esters is 1. The van der Waals surface area contributed by atoms with Gasteiger partial charge in [-0.3, -0.25) is 9.59 Å². The number of hydrogen-bond donors (Lipinski definition) is 3. The van der Waals surface area contributed by atoms with E-state index in [0.29, 0.717) is 19.4 Å². The van der Waals surface area contributed by atoms with Crippen LogP contribution in [0.2, 0.25) is 0 Å². The summed E-state index contributed by atoms with van der Waals surface area (Å²) in [5.74, 6) is -0.0461. The van der Waals surface area contributed by atoms with E-state index in [9.17, 15) is 19.8 Å². The quantitative estimate of drug-likeness (QED) is 0.0320. The summed E-state index contributed by atoms with van der Waals surface area (Å²) in [6, 6.07) is -0.622. The molecule has 0 saturated heterocycles. The van der Waals surface area contributed by atoms with Crippen LogP contribution in [0.1, 0.15) is 361 Å². The van der Waals surface area contributed by atoms with E-state index >= 15 is 0 Å². The number of ether oxygens (including phenoxy) is 1. The van der Waals surface area contributed by atoms with Gasteiger partial charge in [0, 0.05) is 12.8 Å². The molecule has 3 N–H and O–H groups in total. The zero-order chi connectivity index (χ0) is 52.2. The number of aliphatic hydroxyl groups is 2. The van der Waals surface area contributed by atoms with Gasteiger partial charge in [0.05, 0.1) is 25.4 Å². The topological polar surface area (TPSA) is 95.9 Å². The van der Waals surface area contributed by atoms with Crippen molar-refractivity contribution in [2.75, 3.05) is 13.2 Å². The Hall–Kier alpha value is -1.66. The Kier molecular flexibility index (Phi) is 60.5. The van der Waals surface area contributed by atoms with Crippen LogP contribution in [0.3, 0.4) is 0 Å². The maximum absolute atomic E-state index is 12.4. The van der Waals surface area contributed by atoms with Crippen molar-refractivity contribution in [1.82, 2.24) is 5.32 Å². The van der Waals surface area contributed by atoms with Crippen molar-refractivity contribution < 1.29 is 24.5 Å². The normalized spacial score (nSPS) is 12.7. The Balaban J connectivity index is 3.31. The van der Waals surface area contributed by atoms with Crippen LogP contribution in [0.4, 0.5) is 0 Å². The lowest BCUT2D eigenvalue weighted by molar-refractivity contribution is -0.143. The van der Waals surface area contributed by atoms with Crippen LogP contribution in [-0.4, -0.2) is 47.4 Å². The molecule has 0 aliphatic carbocycles. The summed E-state index contributed by atoms with van der Waals surface area (Å²) >= 11 is 0. The molecule has 72 heavy (non-hydrogen) atoms. The first kappa shape index (κ1) is 70.3. The van der Waals surface area contributed by atoms with Crippen LogP contribution in [0.15, 0.2) is 24.3 Å². The van der Waals surface area contributed by atoms with Gasteiger partial charge < -0.3 is 20.3 Å². The summed E-state index contributed by atoms with van der Waals surface area (Å²) in [6.07, 6.45) is 76.9. The summed E-state index contributed by atoms with van der Waals surface area (Å²) in [5, 5.41) is 23.0. The molecule has 0 aliphatic rings. The molecule has 6 nitrogen and oxygen atoms in total. The molecule has 0 spiro atoms. The standard InChI is InChI=1S/C66H127NO5/c1-3-5-7-9-11-13-39-44-48-52-56-60-66(71)72-61-57-53-49-45-41-38-36-34-32-30-28-26-24-22-20-18-16-14-15-17-19-21-23-25-27-29-31-33-35-37-40-43-47-51-55-59-65(70)67-63(62-68)64(69)58-54-50-46-42-12-10-8-6-4-2/h16,18,54,58,63-64,68-69H,3-15,17,19-53,55-57,59-62H2,1-2H3,(H,67,70)/b18-16-,58-54+. The monoisotopic (exact) mass is 1010 g/mol. The van der Waals surface area contributed by atoms with Crippen LogP contribution in [0.25, 0.3) is 0 Å². The summed E-state index contributed by atoms with van der Waals surface area (Å²) < 4.78 is 5.47.